The van der Waals surface area contributed by atoms with Gasteiger partial charge in [-0.25, -0.2) is 8.42 Å². The number of rotatable bonds is 6. The van der Waals surface area contributed by atoms with Gasteiger partial charge in [0.15, 0.2) is 0 Å². The third-order valence-electron chi connectivity index (χ3n) is 5.91. The van der Waals surface area contributed by atoms with Crippen molar-refractivity contribution in [1.29, 1.82) is 0 Å². The minimum Gasteiger partial charge on any atom is -0.497 e. The van der Waals surface area contributed by atoms with Gasteiger partial charge < -0.3 is 14.8 Å². The summed E-state index contributed by atoms with van der Waals surface area (Å²) >= 11 is 0. The predicted molar refractivity (Wildman–Crippen MR) is 122 cm³/mol. The summed E-state index contributed by atoms with van der Waals surface area (Å²) in [6, 6.07) is 11.3. The molecule has 0 aromatic heterocycles. The first kappa shape index (κ1) is 23.2. The Morgan fingerprint density at radius 3 is 2.45 bits per heavy atom. The molecule has 0 bridgehead atoms. The molecule has 2 aromatic rings. The number of hydrogen-bond donors (Lipinski definition) is 1. The van der Waals surface area contributed by atoms with Crippen LogP contribution in [0.2, 0.25) is 0 Å². The molecule has 10 heteroatoms. The van der Waals surface area contributed by atoms with E-state index in [1.54, 1.807) is 19.2 Å². The van der Waals surface area contributed by atoms with Gasteiger partial charge in [-0.1, -0.05) is 12.1 Å². The van der Waals surface area contributed by atoms with Gasteiger partial charge in [-0.15, -0.1) is 0 Å². The monoisotopic (exact) mass is 473 g/mol. The van der Waals surface area contributed by atoms with Gasteiger partial charge in [0.05, 0.1) is 25.2 Å². The number of morpholine rings is 1. The fourth-order valence-electron chi connectivity index (χ4n) is 4.17. The molecule has 1 fully saturated rings. The zero-order valence-electron chi connectivity index (χ0n) is 18.6. The van der Waals surface area contributed by atoms with Crippen molar-refractivity contribution in [1.82, 2.24) is 9.62 Å². The fraction of sp³-hybridized carbons (Fsp3) is 0.391. The highest BCUT2D eigenvalue weighted by atomic mass is 32.2. The van der Waals surface area contributed by atoms with Crippen molar-refractivity contribution in [3.05, 3.63) is 53.6 Å². The van der Waals surface area contributed by atoms with Gasteiger partial charge in [0, 0.05) is 38.7 Å². The van der Waals surface area contributed by atoms with E-state index in [0.717, 1.165) is 11.3 Å². The number of hydrogen-bond acceptors (Lipinski definition) is 6. The summed E-state index contributed by atoms with van der Waals surface area (Å²) in [5.74, 6) is 0.152. The molecule has 2 amide bonds. The SMILES string of the molecule is COc1ccc(CNC(=O)[C@H]2Cc3cc(S(=O)(=O)N4CCOCC4)ccc3N2C(C)=O)cc1. The lowest BCUT2D eigenvalue weighted by Crippen LogP contribution is -2.47. The molecule has 2 aliphatic heterocycles. The Balaban J connectivity index is 1.52. The zero-order valence-corrected chi connectivity index (χ0v) is 19.4. The molecule has 2 aliphatic rings. The molecule has 9 nitrogen and oxygen atoms in total. The van der Waals surface area contributed by atoms with Gasteiger partial charge in [-0.2, -0.15) is 4.31 Å². The molecule has 0 unspecified atom stereocenters. The van der Waals surface area contributed by atoms with Crippen LogP contribution in [0.3, 0.4) is 0 Å². The lowest BCUT2D eigenvalue weighted by molar-refractivity contribution is -0.125. The van der Waals surface area contributed by atoms with Crippen LogP contribution in [0.25, 0.3) is 0 Å². The Bertz CT molecular complexity index is 1140. The smallest absolute Gasteiger partial charge is 0.243 e. The number of anilines is 1. The second-order valence-corrected chi connectivity index (χ2v) is 9.92. The van der Waals surface area contributed by atoms with E-state index in [9.17, 15) is 18.0 Å². The summed E-state index contributed by atoms with van der Waals surface area (Å²) in [7, 11) is -2.09. The summed E-state index contributed by atoms with van der Waals surface area (Å²) in [4.78, 5) is 27.0. The summed E-state index contributed by atoms with van der Waals surface area (Å²) in [6.45, 7) is 3.03. The van der Waals surface area contributed by atoms with Crippen molar-refractivity contribution in [2.45, 2.75) is 30.8 Å². The Kier molecular flexibility index (Phi) is 6.68. The van der Waals surface area contributed by atoms with E-state index in [2.05, 4.69) is 5.32 Å². The maximum absolute atomic E-state index is 13.0. The number of amides is 2. The third kappa shape index (κ3) is 4.73. The molecule has 4 rings (SSSR count). The van der Waals surface area contributed by atoms with Crippen LogP contribution in [0.1, 0.15) is 18.1 Å². The van der Waals surface area contributed by atoms with Crippen LogP contribution in [0.5, 0.6) is 5.75 Å². The summed E-state index contributed by atoms with van der Waals surface area (Å²) < 4.78 is 37.8. The Hall–Kier alpha value is -2.95. The number of nitrogens with zero attached hydrogens (tertiary/aromatic N) is 2. The number of methoxy groups -OCH3 is 1. The Labute approximate surface area is 193 Å². The third-order valence-corrected chi connectivity index (χ3v) is 7.81. The van der Waals surface area contributed by atoms with Crippen molar-refractivity contribution in [3.8, 4) is 5.75 Å². The van der Waals surface area contributed by atoms with Crippen LogP contribution in [0.15, 0.2) is 47.4 Å². The van der Waals surface area contributed by atoms with E-state index in [1.807, 2.05) is 24.3 Å². The van der Waals surface area contributed by atoms with E-state index in [0.29, 0.717) is 44.1 Å². The van der Waals surface area contributed by atoms with Crippen molar-refractivity contribution >= 4 is 27.5 Å². The molecule has 0 radical (unpaired) electrons. The topological polar surface area (TPSA) is 105 Å². The standard InChI is InChI=1S/C23H27N3O6S/c1-16(27)26-21-8-7-20(33(29,30)25-9-11-32-12-10-25)13-18(21)14-22(26)23(28)24-15-17-3-5-19(31-2)6-4-17/h3-8,13,22H,9-12,14-15H2,1-2H3,(H,24,28)/t22-/m1/s1. The van der Waals surface area contributed by atoms with Gasteiger partial charge in [-0.05, 0) is 41.5 Å². The quantitative estimate of drug-likeness (QED) is 0.678. The van der Waals surface area contributed by atoms with Crippen LogP contribution in [0, 0.1) is 0 Å². The first-order valence-electron chi connectivity index (χ1n) is 10.7. The lowest BCUT2D eigenvalue weighted by Gasteiger charge is -2.26. The average molecular weight is 474 g/mol. The molecule has 176 valence electrons. The largest absolute Gasteiger partial charge is 0.497 e. The van der Waals surface area contributed by atoms with Crippen molar-refractivity contribution < 1.29 is 27.5 Å². The van der Waals surface area contributed by atoms with E-state index < -0.39 is 16.1 Å². The first-order valence-corrected chi connectivity index (χ1v) is 12.2. The van der Waals surface area contributed by atoms with Crippen LogP contribution < -0.4 is 15.0 Å². The average Bonchev–Trinajstić information content (AvgIpc) is 3.22. The molecule has 2 aromatic carbocycles. The van der Waals surface area contributed by atoms with Crippen LogP contribution in [-0.2, 0) is 37.3 Å². The molecular formula is C23H27N3O6S. The van der Waals surface area contributed by atoms with Gasteiger partial charge in [0.2, 0.25) is 21.8 Å². The molecule has 0 aliphatic carbocycles. The molecule has 33 heavy (non-hydrogen) atoms. The van der Waals surface area contributed by atoms with E-state index in [-0.39, 0.29) is 23.1 Å². The van der Waals surface area contributed by atoms with Crippen molar-refractivity contribution in [2.24, 2.45) is 0 Å². The van der Waals surface area contributed by atoms with Crippen LogP contribution in [0.4, 0.5) is 5.69 Å². The second kappa shape index (κ2) is 9.50. The van der Waals surface area contributed by atoms with Crippen molar-refractivity contribution in [3.63, 3.8) is 0 Å². The maximum atomic E-state index is 13.0. The van der Waals surface area contributed by atoms with Crippen molar-refractivity contribution in [2.75, 3.05) is 38.3 Å². The van der Waals surface area contributed by atoms with Gasteiger partial charge in [-0.3, -0.25) is 14.5 Å². The highest BCUT2D eigenvalue weighted by Gasteiger charge is 2.38. The zero-order chi connectivity index (χ0) is 23.6. The van der Waals surface area contributed by atoms with Gasteiger partial charge >= 0.3 is 0 Å². The summed E-state index contributed by atoms with van der Waals surface area (Å²) in [6.07, 6.45) is 0.246. The molecule has 1 saturated heterocycles. The van der Waals surface area contributed by atoms with E-state index in [1.165, 1.54) is 22.2 Å². The Morgan fingerprint density at radius 1 is 1.12 bits per heavy atom. The summed E-state index contributed by atoms with van der Waals surface area (Å²) in [5, 5.41) is 2.88. The molecule has 2 heterocycles. The second-order valence-electron chi connectivity index (χ2n) is 7.98. The minimum atomic E-state index is -3.67. The number of nitrogens with one attached hydrogen (secondary N) is 1. The number of carbonyl (C=O) groups is 2. The van der Waals surface area contributed by atoms with Gasteiger partial charge in [0.1, 0.15) is 11.8 Å². The number of carbonyl (C=O) groups excluding carboxylic acids is 2. The first-order chi connectivity index (χ1) is 15.8. The van der Waals surface area contributed by atoms with Gasteiger partial charge in [0.25, 0.3) is 0 Å². The molecule has 0 saturated carbocycles. The van der Waals surface area contributed by atoms with E-state index in [4.69, 9.17) is 9.47 Å². The number of ether oxygens (including phenoxy) is 2. The number of sulfonamides is 1. The Morgan fingerprint density at radius 2 is 1.82 bits per heavy atom. The van der Waals surface area contributed by atoms with Crippen LogP contribution >= 0.6 is 0 Å². The predicted octanol–water partition coefficient (Wildman–Crippen LogP) is 1.31. The normalized spacial score (nSPS) is 18.6. The summed E-state index contributed by atoms with van der Waals surface area (Å²) in [5.41, 5.74) is 2.12. The maximum Gasteiger partial charge on any atom is 0.243 e. The highest BCUT2D eigenvalue weighted by Crippen LogP contribution is 2.35. The lowest BCUT2D eigenvalue weighted by atomic mass is 10.1. The fourth-order valence-corrected chi connectivity index (χ4v) is 5.63. The molecule has 1 atom stereocenters. The minimum absolute atomic E-state index is 0.158. The number of benzene rings is 2. The van der Waals surface area contributed by atoms with Crippen LogP contribution in [-0.4, -0.2) is 64.0 Å². The number of fused-ring (bicyclic) bond motifs is 1. The molecule has 1 N–H and O–H groups in total. The van der Waals surface area contributed by atoms with E-state index >= 15 is 0 Å². The molecule has 0 spiro atoms. The molecular weight excluding hydrogens is 446 g/mol. The highest BCUT2D eigenvalue weighted by molar-refractivity contribution is 7.89.